The van der Waals surface area contributed by atoms with Crippen LogP contribution in [-0.4, -0.2) is 37.5 Å². The Morgan fingerprint density at radius 3 is 2.59 bits per heavy atom. The zero-order valence-corrected chi connectivity index (χ0v) is 16.3. The number of benzene rings is 1. The van der Waals surface area contributed by atoms with Gasteiger partial charge in [-0.1, -0.05) is 42.1 Å². The van der Waals surface area contributed by atoms with Gasteiger partial charge >= 0.3 is 0 Å². The van der Waals surface area contributed by atoms with Crippen molar-refractivity contribution in [3.05, 3.63) is 60.4 Å². The summed E-state index contributed by atoms with van der Waals surface area (Å²) in [6.07, 6.45) is 4.29. The lowest BCUT2D eigenvalue weighted by atomic mass is 10.1. The van der Waals surface area contributed by atoms with Crippen LogP contribution in [0.25, 0.3) is 11.4 Å². The van der Waals surface area contributed by atoms with Gasteiger partial charge in [-0.25, -0.2) is 0 Å². The Balaban J connectivity index is 1.59. The number of rotatable bonds is 8. The molecule has 140 valence electrons. The summed E-state index contributed by atoms with van der Waals surface area (Å²) in [5, 5.41) is 12.1. The molecule has 7 heteroatoms. The van der Waals surface area contributed by atoms with Crippen LogP contribution in [0.3, 0.4) is 0 Å². The summed E-state index contributed by atoms with van der Waals surface area (Å²) in [7, 11) is 0. The standard InChI is InChI=1S/C20H23N5OS/c1-3-25-18(17-10-12-21-13-11-17)23-24-20(25)27-15(2)19(26)22-14-9-16-7-5-4-6-8-16/h4-8,10-13,15H,3,9,14H2,1-2H3,(H,22,26)/t15-/m1/s1. The predicted octanol–water partition coefficient (Wildman–Crippen LogP) is 3.20. The molecule has 0 saturated heterocycles. The first-order valence-corrected chi connectivity index (χ1v) is 9.89. The van der Waals surface area contributed by atoms with Crippen molar-refractivity contribution < 1.29 is 4.79 Å². The average molecular weight is 382 g/mol. The fourth-order valence-electron chi connectivity index (χ4n) is 2.71. The third-order valence-corrected chi connectivity index (χ3v) is 5.26. The third kappa shape index (κ3) is 4.95. The molecule has 6 nitrogen and oxygen atoms in total. The van der Waals surface area contributed by atoms with Crippen LogP contribution in [0, 0.1) is 0 Å². The van der Waals surface area contributed by atoms with E-state index < -0.39 is 0 Å². The number of carbonyl (C=O) groups is 1. The number of nitrogens with zero attached hydrogens (tertiary/aromatic N) is 4. The monoisotopic (exact) mass is 381 g/mol. The number of nitrogens with one attached hydrogen (secondary N) is 1. The molecule has 3 rings (SSSR count). The van der Waals surface area contributed by atoms with Crippen LogP contribution in [0.2, 0.25) is 0 Å². The fourth-order valence-corrected chi connectivity index (χ4v) is 3.64. The molecule has 1 aromatic carbocycles. The van der Waals surface area contributed by atoms with Crippen LogP contribution in [0.4, 0.5) is 0 Å². The maximum Gasteiger partial charge on any atom is 0.233 e. The molecule has 0 aliphatic rings. The molecule has 0 unspecified atom stereocenters. The minimum atomic E-state index is -0.249. The molecule has 2 heterocycles. The molecule has 0 saturated carbocycles. The number of thioether (sulfide) groups is 1. The van der Waals surface area contributed by atoms with Crippen LogP contribution in [0.15, 0.2) is 60.0 Å². The van der Waals surface area contributed by atoms with Crippen LogP contribution in [-0.2, 0) is 17.8 Å². The Labute approximate surface area is 163 Å². The van der Waals surface area contributed by atoms with Crippen LogP contribution in [0.5, 0.6) is 0 Å². The molecule has 0 bridgehead atoms. The summed E-state index contributed by atoms with van der Waals surface area (Å²) in [6, 6.07) is 13.9. The van der Waals surface area contributed by atoms with E-state index in [1.807, 2.05) is 48.7 Å². The summed E-state index contributed by atoms with van der Waals surface area (Å²) in [6.45, 7) is 5.29. The Bertz CT molecular complexity index is 867. The Morgan fingerprint density at radius 2 is 1.89 bits per heavy atom. The quantitative estimate of drug-likeness (QED) is 0.607. The lowest BCUT2D eigenvalue weighted by Gasteiger charge is -2.13. The highest BCUT2D eigenvalue weighted by Gasteiger charge is 2.20. The first-order valence-electron chi connectivity index (χ1n) is 9.01. The van der Waals surface area contributed by atoms with Crippen molar-refractivity contribution in [3.63, 3.8) is 0 Å². The minimum Gasteiger partial charge on any atom is -0.355 e. The summed E-state index contributed by atoms with van der Waals surface area (Å²) in [5.41, 5.74) is 2.18. The molecule has 2 aromatic heterocycles. The SMILES string of the molecule is CCn1c(S[C@H](C)C(=O)NCCc2ccccc2)nnc1-c1ccncc1. The molecular formula is C20H23N5OS. The van der Waals surface area contributed by atoms with Gasteiger partial charge < -0.3 is 9.88 Å². The number of amides is 1. The minimum absolute atomic E-state index is 0.00652. The second kappa shape index (κ2) is 9.32. The largest absolute Gasteiger partial charge is 0.355 e. The topological polar surface area (TPSA) is 72.7 Å². The van der Waals surface area contributed by atoms with Crippen molar-refractivity contribution in [2.24, 2.45) is 0 Å². The van der Waals surface area contributed by atoms with E-state index in [1.165, 1.54) is 17.3 Å². The van der Waals surface area contributed by atoms with Gasteiger partial charge in [0.2, 0.25) is 5.91 Å². The van der Waals surface area contributed by atoms with Crippen molar-refractivity contribution in [1.29, 1.82) is 0 Å². The molecule has 0 aliphatic heterocycles. The Morgan fingerprint density at radius 1 is 1.15 bits per heavy atom. The maximum absolute atomic E-state index is 12.4. The number of pyridine rings is 1. The smallest absolute Gasteiger partial charge is 0.233 e. The van der Waals surface area contributed by atoms with Gasteiger partial charge in [-0.15, -0.1) is 10.2 Å². The molecule has 0 aliphatic carbocycles. The third-order valence-electron chi connectivity index (χ3n) is 4.18. The zero-order valence-electron chi connectivity index (χ0n) is 15.5. The normalized spacial score (nSPS) is 11.9. The molecule has 27 heavy (non-hydrogen) atoms. The van der Waals surface area contributed by atoms with E-state index >= 15 is 0 Å². The highest BCUT2D eigenvalue weighted by molar-refractivity contribution is 8.00. The lowest BCUT2D eigenvalue weighted by molar-refractivity contribution is -0.120. The highest BCUT2D eigenvalue weighted by Crippen LogP contribution is 2.26. The van der Waals surface area contributed by atoms with Crippen LogP contribution >= 0.6 is 11.8 Å². The van der Waals surface area contributed by atoms with Gasteiger partial charge in [0.15, 0.2) is 11.0 Å². The van der Waals surface area contributed by atoms with Gasteiger partial charge in [0.1, 0.15) is 0 Å². The van der Waals surface area contributed by atoms with Gasteiger partial charge in [-0.2, -0.15) is 0 Å². The van der Waals surface area contributed by atoms with Crippen molar-refractivity contribution in [3.8, 4) is 11.4 Å². The molecular weight excluding hydrogens is 358 g/mol. The fraction of sp³-hybridized carbons (Fsp3) is 0.300. The molecule has 0 spiro atoms. The van der Waals surface area contributed by atoms with Crippen molar-refractivity contribution in [1.82, 2.24) is 25.1 Å². The van der Waals surface area contributed by atoms with Crippen LogP contribution in [0.1, 0.15) is 19.4 Å². The molecule has 3 aromatic rings. The van der Waals surface area contributed by atoms with E-state index in [0.29, 0.717) is 6.54 Å². The van der Waals surface area contributed by atoms with E-state index in [2.05, 4.69) is 32.6 Å². The highest BCUT2D eigenvalue weighted by atomic mass is 32.2. The Hall–Kier alpha value is -2.67. The summed E-state index contributed by atoms with van der Waals surface area (Å²) in [4.78, 5) is 16.5. The average Bonchev–Trinajstić information content (AvgIpc) is 3.11. The van der Waals surface area contributed by atoms with Gasteiger partial charge in [0.25, 0.3) is 0 Å². The van der Waals surface area contributed by atoms with Gasteiger partial charge in [-0.3, -0.25) is 9.78 Å². The Kier molecular flexibility index (Phi) is 6.59. The molecule has 1 N–H and O–H groups in total. The van der Waals surface area contributed by atoms with E-state index in [9.17, 15) is 4.79 Å². The number of carbonyl (C=O) groups excluding carboxylic acids is 1. The van der Waals surface area contributed by atoms with Gasteiger partial charge in [0.05, 0.1) is 5.25 Å². The van der Waals surface area contributed by atoms with E-state index in [0.717, 1.165) is 29.5 Å². The first-order chi connectivity index (χ1) is 13.2. The molecule has 0 fully saturated rings. The first kappa shape index (κ1) is 19.1. The van der Waals surface area contributed by atoms with Gasteiger partial charge in [0, 0.05) is 31.0 Å². The van der Waals surface area contributed by atoms with Crippen LogP contribution < -0.4 is 5.32 Å². The second-order valence-corrected chi connectivity index (χ2v) is 7.38. The zero-order chi connectivity index (χ0) is 19.1. The number of hydrogen-bond acceptors (Lipinski definition) is 5. The molecule has 0 radical (unpaired) electrons. The number of aromatic nitrogens is 4. The molecule has 1 atom stereocenters. The van der Waals surface area contributed by atoms with Crippen molar-refractivity contribution in [2.45, 2.75) is 37.2 Å². The summed E-state index contributed by atoms with van der Waals surface area (Å²) in [5.74, 6) is 0.797. The summed E-state index contributed by atoms with van der Waals surface area (Å²) < 4.78 is 2.02. The summed E-state index contributed by atoms with van der Waals surface area (Å²) >= 11 is 1.43. The lowest BCUT2D eigenvalue weighted by Crippen LogP contribution is -2.32. The van der Waals surface area contributed by atoms with E-state index in [-0.39, 0.29) is 11.2 Å². The maximum atomic E-state index is 12.4. The molecule has 1 amide bonds. The van der Waals surface area contributed by atoms with Crippen molar-refractivity contribution >= 4 is 17.7 Å². The van der Waals surface area contributed by atoms with Crippen molar-refractivity contribution in [2.75, 3.05) is 6.54 Å². The second-order valence-electron chi connectivity index (χ2n) is 6.07. The predicted molar refractivity (Wildman–Crippen MR) is 107 cm³/mol. The van der Waals surface area contributed by atoms with E-state index in [1.54, 1.807) is 12.4 Å². The van der Waals surface area contributed by atoms with E-state index in [4.69, 9.17) is 0 Å². The van der Waals surface area contributed by atoms with Gasteiger partial charge in [-0.05, 0) is 38.0 Å². The number of hydrogen-bond donors (Lipinski definition) is 1.